The molecule has 0 aliphatic rings. The van der Waals surface area contributed by atoms with Gasteiger partial charge in [0.2, 0.25) is 0 Å². The van der Waals surface area contributed by atoms with E-state index < -0.39 is 0 Å². The molecule has 0 aliphatic carbocycles. The van der Waals surface area contributed by atoms with Gasteiger partial charge < -0.3 is 15.0 Å². The quantitative estimate of drug-likeness (QED) is 0.641. The lowest BCUT2D eigenvalue weighted by Crippen LogP contribution is -2.24. The highest BCUT2D eigenvalue weighted by molar-refractivity contribution is 5.14. The molecule has 18 heavy (non-hydrogen) atoms. The summed E-state index contributed by atoms with van der Waals surface area (Å²) in [4.78, 5) is 2.13. The number of nitrogens with zero attached hydrogens (tertiary/aromatic N) is 1. The predicted octanol–water partition coefficient (Wildman–Crippen LogP) is 1.79. The van der Waals surface area contributed by atoms with E-state index in [1.807, 2.05) is 0 Å². The van der Waals surface area contributed by atoms with Crippen LogP contribution in [0.3, 0.4) is 0 Å². The van der Waals surface area contributed by atoms with Gasteiger partial charge in [-0.2, -0.15) is 0 Å². The van der Waals surface area contributed by atoms with Gasteiger partial charge in [-0.25, -0.2) is 0 Å². The van der Waals surface area contributed by atoms with Crippen molar-refractivity contribution < 1.29 is 4.74 Å². The first-order valence-corrected chi connectivity index (χ1v) is 6.76. The Morgan fingerprint density at radius 2 is 1.83 bits per heavy atom. The first-order valence-electron chi connectivity index (χ1n) is 6.76. The second kappa shape index (κ2) is 10.1. The highest BCUT2D eigenvalue weighted by Crippen LogP contribution is 2.01. The molecule has 0 aliphatic heterocycles. The second-order valence-electron chi connectivity index (χ2n) is 4.75. The van der Waals surface area contributed by atoms with Crippen molar-refractivity contribution in [3.8, 4) is 0 Å². The first kappa shape index (κ1) is 15.2. The van der Waals surface area contributed by atoms with Crippen molar-refractivity contribution >= 4 is 0 Å². The lowest BCUT2D eigenvalue weighted by Gasteiger charge is -2.10. The fourth-order valence-electron chi connectivity index (χ4n) is 1.68. The molecule has 1 aromatic rings. The van der Waals surface area contributed by atoms with Crippen LogP contribution < -0.4 is 5.32 Å². The van der Waals surface area contributed by atoms with E-state index in [1.165, 1.54) is 12.0 Å². The maximum Gasteiger partial charge on any atom is 0.0593 e. The summed E-state index contributed by atoms with van der Waals surface area (Å²) >= 11 is 0. The van der Waals surface area contributed by atoms with E-state index in [0.717, 1.165) is 39.3 Å². The molecule has 0 bridgehead atoms. The Morgan fingerprint density at radius 3 is 2.56 bits per heavy atom. The minimum Gasteiger partial charge on any atom is -0.379 e. The van der Waals surface area contributed by atoms with Crippen molar-refractivity contribution in [1.82, 2.24) is 10.2 Å². The Hall–Kier alpha value is -0.900. The van der Waals surface area contributed by atoms with Crippen LogP contribution in [-0.2, 0) is 11.2 Å². The van der Waals surface area contributed by atoms with Gasteiger partial charge in [-0.15, -0.1) is 0 Å². The van der Waals surface area contributed by atoms with Gasteiger partial charge in [-0.05, 0) is 39.0 Å². The molecule has 0 spiro atoms. The van der Waals surface area contributed by atoms with Crippen molar-refractivity contribution in [3.05, 3.63) is 35.9 Å². The SMILES string of the molecule is CN(C)CCOCCNCCCc1ccccc1. The Labute approximate surface area is 111 Å². The van der Waals surface area contributed by atoms with Crippen LogP contribution in [0.2, 0.25) is 0 Å². The van der Waals surface area contributed by atoms with E-state index >= 15 is 0 Å². The lowest BCUT2D eigenvalue weighted by molar-refractivity contribution is 0.119. The van der Waals surface area contributed by atoms with Crippen LogP contribution >= 0.6 is 0 Å². The van der Waals surface area contributed by atoms with Crippen molar-refractivity contribution in [2.45, 2.75) is 12.8 Å². The molecule has 0 fully saturated rings. The molecule has 0 saturated carbocycles. The van der Waals surface area contributed by atoms with E-state index in [-0.39, 0.29) is 0 Å². The van der Waals surface area contributed by atoms with Gasteiger partial charge in [0.1, 0.15) is 0 Å². The first-order chi connectivity index (χ1) is 8.79. The number of benzene rings is 1. The Kier molecular flexibility index (Phi) is 8.47. The van der Waals surface area contributed by atoms with Gasteiger partial charge in [0.15, 0.2) is 0 Å². The Bertz CT molecular complexity index is 288. The van der Waals surface area contributed by atoms with Crippen molar-refractivity contribution in [2.24, 2.45) is 0 Å². The molecule has 0 aromatic heterocycles. The fourth-order valence-corrected chi connectivity index (χ4v) is 1.68. The molecule has 0 radical (unpaired) electrons. The Balaban J connectivity index is 1.84. The summed E-state index contributed by atoms with van der Waals surface area (Å²) < 4.78 is 5.51. The topological polar surface area (TPSA) is 24.5 Å². The molecular formula is C15H26N2O. The normalized spacial score (nSPS) is 11.1. The van der Waals surface area contributed by atoms with Gasteiger partial charge >= 0.3 is 0 Å². The van der Waals surface area contributed by atoms with Crippen molar-refractivity contribution in [1.29, 1.82) is 0 Å². The minimum absolute atomic E-state index is 0.805. The number of aryl methyl sites for hydroxylation is 1. The van der Waals surface area contributed by atoms with Gasteiger partial charge in [-0.1, -0.05) is 30.3 Å². The highest BCUT2D eigenvalue weighted by atomic mass is 16.5. The van der Waals surface area contributed by atoms with E-state index in [0.29, 0.717) is 0 Å². The molecule has 0 amide bonds. The molecule has 1 rings (SSSR count). The second-order valence-corrected chi connectivity index (χ2v) is 4.75. The van der Waals surface area contributed by atoms with Crippen LogP contribution in [0.1, 0.15) is 12.0 Å². The van der Waals surface area contributed by atoms with Gasteiger partial charge in [0.25, 0.3) is 0 Å². The molecule has 3 nitrogen and oxygen atoms in total. The highest BCUT2D eigenvalue weighted by Gasteiger charge is 1.93. The molecule has 102 valence electrons. The minimum atomic E-state index is 0.805. The predicted molar refractivity (Wildman–Crippen MR) is 77.0 cm³/mol. The number of nitrogens with one attached hydrogen (secondary N) is 1. The summed E-state index contributed by atoms with van der Waals surface area (Å²) in [5.41, 5.74) is 1.42. The third-order valence-corrected chi connectivity index (χ3v) is 2.77. The monoisotopic (exact) mass is 250 g/mol. The van der Waals surface area contributed by atoms with Crippen molar-refractivity contribution in [3.63, 3.8) is 0 Å². The number of ether oxygens (including phenoxy) is 1. The molecule has 0 saturated heterocycles. The number of likely N-dealkylation sites (N-methyl/N-ethyl adjacent to an activating group) is 1. The largest absolute Gasteiger partial charge is 0.379 e. The van der Waals surface area contributed by atoms with Crippen LogP contribution in [0, 0.1) is 0 Å². The average Bonchev–Trinajstić information content (AvgIpc) is 2.37. The van der Waals surface area contributed by atoms with E-state index in [4.69, 9.17) is 4.74 Å². The van der Waals surface area contributed by atoms with Crippen LogP contribution in [0.4, 0.5) is 0 Å². The zero-order valence-corrected chi connectivity index (χ0v) is 11.7. The summed E-state index contributed by atoms with van der Waals surface area (Å²) in [5.74, 6) is 0. The smallest absolute Gasteiger partial charge is 0.0593 e. The summed E-state index contributed by atoms with van der Waals surface area (Å²) in [5, 5.41) is 3.41. The van der Waals surface area contributed by atoms with E-state index in [2.05, 4.69) is 54.6 Å². The summed E-state index contributed by atoms with van der Waals surface area (Å²) in [6, 6.07) is 10.6. The molecule has 1 aromatic carbocycles. The third kappa shape index (κ3) is 8.23. The van der Waals surface area contributed by atoms with Crippen LogP contribution in [0.15, 0.2) is 30.3 Å². The molecule has 0 atom stereocenters. The van der Waals surface area contributed by atoms with E-state index in [1.54, 1.807) is 0 Å². The number of rotatable bonds is 10. The summed E-state index contributed by atoms with van der Waals surface area (Å²) in [6.07, 6.45) is 2.33. The van der Waals surface area contributed by atoms with Gasteiger partial charge in [0, 0.05) is 13.1 Å². The van der Waals surface area contributed by atoms with Crippen LogP contribution in [-0.4, -0.2) is 51.8 Å². The zero-order chi connectivity index (χ0) is 13.1. The number of hydrogen-bond donors (Lipinski definition) is 1. The number of hydrogen-bond acceptors (Lipinski definition) is 3. The maximum absolute atomic E-state index is 5.51. The van der Waals surface area contributed by atoms with Crippen LogP contribution in [0.5, 0.6) is 0 Å². The molecule has 3 heteroatoms. The molecule has 1 N–H and O–H groups in total. The zero-order valence-electron chi connectivity index (χ0n) is 11.7. The fraction of sp³-hybridized carbons (Fsp3) is 0.600. The van der Waals surface area contributed by atoms with Gasteiger partial charge in [-0.3, -0.25) is 0 Å². The maximum atomic E-state index is 5.51. The third-order valence-electron chi connectivity index (χ3n) is 2.77. The molecule has 0 unspecified atom stereocenters. The van der Waals surface area contributed by atoms with E-state index in [9.17, 15) is 0 Å². The standard InChI is InChI=1S/C15H26N2O/c1-17(2)12-14-18-13-11-16-10-6-9-15-7-4-3-5-8-15/h3-5,7-8,16H,6,9-14H2,1-2H3. The molecule has 0 heterocycles. The Morgan fingerprint density at radius 1 is 1.06 bits per heavy atom. The van der Waals surface area contributed by atoms with Gasteiger partial charge in [0.05, 0.1) is 13.2 Å². The summed E-state index contributed by atoms with van der Waals surface area (Å²) in [7, 11) is 4.12. The average molecular weight is 250 g/mol. The molecular weight excluding hydrogens is 224 g/mol. The van der Waals surface area contributed by atoms with Crippen LogP contribution in [0.25, 0.3) is 0 Å². The summed E-state index contributed by atoms with van der Waals surface area (Å²) in [6.45, 7) is 4.63. The van der Waals surface area contributed by atoms with Crippen molar-refractivity contribution in [2.75, 3.05) is 46.9 Å². The lowest BCUT2D eigenvalue weighted by atomic mass is 10.1.